The van der Waals surface area contributed by atoms with E-state index in [-0.39, 0.29) is 5.91 Å². The highest BCUT2D eigenvalue weighted by Gasteiger charge is 2.25. The lowest BCUT2D eigenvalue weighted by Crippen LogP contribution is -2.17. The molecule has 0 fully saturated rings. The summed E-state index contributed by atoms with van der Waals surface area (Å²) in [5.74, 6) is -0.0298. The molecule has 3 heteroatoms. The van der Waals surface area contributed by atoms with Crippen LogP contribution in [0.15, 0.2) is 59.7 Å². The van der Waals surface area contributed by atoms with Crippen molar-refractivity contribution >= 4 is 12.1 Å². The number of hydrazone groups is 1. The highest BCUT2D eigenvalue weighted by atomic mass is 16.2. The highest BCUT2D eigenvalue weighted by molar-refractivity contribution is 5.98. The number of carbonyl (C=O) groups excluding carboxylic acids is 1. The Morgan fingerprint density at radius 3 is 2.50 bits per heavy atom. The van der Waals surface area contributed by atoms with Crippen molar-refractivity contribution in [2.24, 2.45) is 5.10 Å². The number of nitrogens with zero attached hydrogens (tertiary/aromatic N) is 2. The molecule has 3 nitrogen and oxygen atoms in total. The molecule has 0 radical (unpaired) electrons. The molecule has 0 saturated carbocycles. The van der Waals surface area contributed by atoms with Gasteiger partial charge in [-0.1, -0.05) is 48.5 Å². The fraction of sp³-hybridized carbons (Fsp3) is 0.0667. The number of hydrogen-bond donors (Lipinski definition) is 0. The number of benzene rings is 2. The van der Waals surface area contributed by atoms with Gasteiger partial charge in [-0.05, 0) is 17.2 Å². The average molecular weight is 236 g/mol. The minimum atomic E-state index is -0.0298. The molecule has 0 bridgehead atoms. The molecule has 1 amide bonds. The topological polar surface area (TPSA) is 32.7 Å². The summed E-state index contributed by atoms with van der Waals surface area (Å²) < 4.78 is 0. The van der Waals surface area contributed by atoms with E-state index in [1.54, 1.807) is 6.21 Å². The Morgan fingerprint density at radius 2 is 1.72 bits per heavy atom. The van der Waals surface area contributed by atoms with Gasteiger partial charge in [-0.25, -0.2) is 5.01 Å². The molecule has 0 spiro atoms. The van der Waals surface area contributed by atoms with Gasteiger partial charge in [0.05, 0.1) is 12.8 Å². The molecule has 2 aromatic carbocycles. The second-order valence-corrected chi connectivity index (χ2v) is 4.18. The zero-order chi connectivity index (χ0) is 12.4. The predicted molar refractivity (Wildman–Crippen MR) is 70.4 cm³/mol. The fourth-order valence-corrected chi connectivity index (χ4v) is 2.01. The summed E-state index contributed by atoms with van der Waals surface area (Å²) >= 11 is 0. The quantitative estimate of drug-likeness (QED) is 0.738. The van der Waals surface area contributed by atoms with E-state index in [1.165, 1.54) is 5.01 Å². The molecule has 1 aliphatic heterocycles. The van der Waals surface area contributed by atoms with Gasteiger partial charge in [0.1, 0.15) is 0 Å². The van der Waals surface area contributed by atoms with Crippen molar-refractivity contribution in [2.45, 2.75) is 6.54 Å². The summed E-state index contributed by atoms with van der Waals surface area (Å²) in [7, 11) is 0. The van der Waals surface area contributed by atoms with Gasteiger partial charge in [0, 0.05) is 5.56 Å². The van der Waals surface area contributed by atoms with Crippen LogP contribution in [-0.2, 0) is 6.54 Å². The minimum absolute atomic E-state index is 0.0298. The average Bonchev–Trinajstić information content (AvgIpc) is 2.75. The van der Waals surface area contributed by atoms with Crippen LogP contribution in [0.3, 0.4) is 0 Å². The first-order chi connectivity index (χ1) is 8.84. The molecule has 1 aliphatic rings. The van der Waals surface area contributed by atoms with Crippen LogP contribution in [-0.4, -0.2) is 17.1 Å². The van der Waals surface area contributed by atoms with Crippen LogP contribution < -0.4 is 0 Å². The molecule has 0 aliphatic carbocycles. The van der Waals surface area contributed by atoms with Gasteiger partial charge in [0.15, 0.2) is 0 Å². The maximum atomic E-state index is 12.0. The zero-order valence-corrected chi connectivity index (χ0v) is 9.78. The Kier molecular flexibility index (Phi) is 2.65. The summed E-state index contributed by atoms with van der Waals surface area (Å²) in [6, 6.07) is 17.4. The third-order valence-corrected chi connectivity index (χ3v) is 2.95. The lowest BCUT2D eigenvalue weighted by Gasteiger charge is -2.07. The van der Waals surface area contributed by atoms with E-state index in [0.717, 1.165) is 16.7 Å². The Hall–Kier alpha value is -2.42. The smallest absolute Gasteiger partial charge is 0.267 e. The molecule has 2 aromatic rings. The van der Waals surface area contributed by atoms with Gasteiger partial charge in [0.25, 0.3) is 5.91 Å². The number of carbonyl (C=O) groups is 1. The van der Waals surface area contributed by atoms with Gasteiger partial charge in [-0.2, -0.15) is 5.10 Å². The van der Waals surface area contributed by atoms with Crippen molar-refractivity contribution in [3.8, 4) is 0 Å². The Labute approximate surface area is 105 Å². The van der Waals surface area contributed by atoms with Gasteiger partial charge in [-0.15, -0.1) is 0 Å². The van der Waals surface area contributed by atoms with E-state index in [9.17, 15) is 4.79 Å². The minimum Gasteiger partial charge on any atom is -0.267 e. The van der Waals surface area contributed by atoms with Crippen molar-refractivity contribution in [3.63, 3.8) is 0 Å². The summed E-state index contributed by atoms with van der Waals surface area (Å²) in [4.78, 5) is 12.0. The van der Waals surface area contributed by atoms with Gasteiger partial charge >= 0.3 is 0 Å². The van der Waals surface area contributed by atoms with E-state index < -0.39 is 0 Å². The summed E-state index contributed by atoms with van der Waals surface area (Å²) in [5, 5.41) is 5.75. The van der Waals surface area contributed by atoms with Crippen molar-refractivity contribution in [2.75, 3.05) is 0 Å². The standard InChI is InChI=1S/C15H12N2O/c18-15-14-9-5-4-8-13(14)11-17(15)16-10-12-6-2-1-3-7-12/h1-10H,11H2/b16-10-. The van der Waals surface area contributed by atoms with E-state index >= 15 is 0 Å². The van der Waals surface area contributed by atoms with E-state index in [1.807, 2.05) is 54.6 Å². The SMILES string of the molecule is O=C1c2ccccc2CN1/N=C\c1ccccc1. The second kappa shape index (κ2) is 4.45. The van der Waals surface area contributed by atoms with Crippen molar-refractivity contribution in [3.05, 3.63) is 71.3 Å². The number of fused-ring (bicyclic) bond motifs is 1. The fourth-order valence-electron chi connectivity index (χ4n) is 2.01. The largest absolute Gasteiger partial charge is 0.274 e. The van der Waals surface area contributed by atoms with Gasteiger partial charge in [-0.3, -0.25) is 4.79 Å². The Balaban J connectivity index is 1.81. The molecule has 18 heavy (non-hydrogen) atoms. The molecule has 88 valence electrons. The maximum absolute atomic E-state index is 12.0. The first-order valence-corrected chi connectivity index (χ1v) is 5.83. The summed E-state index contributed by atoms with van der Waals surface area (Å²) in [6.07, 6.45) is 1.71. The van der Waals surface area contributed by atoms with Crippen LogP contribution in [0.4, 0.5) is 0 Å². The van der Waals surface area contributed by atoms with Crippen LogP contribution in [0, 0.1) is 0 Å². The molecule has 0 saturated heterocycles. The third-order valence-electron chi connectivity index (χ3n) is 2.95. The number of hydrogen-bond acceptors (Lipinski definition) is 2. The first-order valence-electron chi connectivity index (χ1n) is 5.83. The highest BCUT2D eigenvalue weighted by Crippen LogP contribution is 2.22. The normalized spacial score (nSPS) is 14.2. The molecular formula is C15H12N2O. The lowest BCUT2D eigenvalue weighted by atomic mass is 10.1. The van der Waals surface area contributed by atoms with Gasteiger partial charge in [0.2, 0.25) is 0 Å². The molecular weight excluding hydrogens is 224 g/mol. The van der Waals surface area contributed by atoms with Gasteiger partial charge < -0.3 is 0 Å². The molecule has 0 atom stereocenters. The van der Waals surface area contributed by atoms with Crippen LogP contribution in [0.25, 0.3) is 0 Å². The molecule has 3 rings (SSSR count). The molecule has 0 N–H and O–H groups in total. The van der Waals surface area contributed by atoms with Crippen molar-refractivity contribution in [1.82, 2.24) is 5.01 Å². The lowest BCUT2D eigenvalue weighted by molar-refractivity contribution is 0.0784. The Morgan fingerprint density at radius 1 is 1.00 bits per heavy atom. The van der Waals surface area contributed by atoms with E-state index in [4.69, 9.17) is 0 Å². The van der Waals surface area contributed by atoms with Crippen LogP contribution >= 0.6 is 0 Å². The van der Waals surface area contributed by atoms with Crippen LogP contribution in [0.1, 0.15) is 21.5 Å². The molecule has 0 unspecified atom stereocenters. The van der Waals surface area contributed by atoms with E-state index in [0.29, 0.717) is 6.54 Å². The second-order valence-electron chi connectivity index (χ2n) is 4.18. The van der Waals surface area contributed by atoms with E-state index in [2.05, 4.69) is 5.10 Å². The summed E-state index contributed by atoms with van der Waals surface area (Å²) in [6.45, 7) is 0.554. The third kappa shape index (κ3) is 1.91. The summed E-state index contributed by atoms with van der Waals surface area (Å²) in [5.41, 5.74) is 2.77. The van der Waals surface area contributed by atoms with Crippen LogP contribution in [0.5, 0.6) is 0 Å². The monoisotopic (exact) mass is 236 g/mol. The maximum Gasteiger partial charge on any atom is 0.274 e. The van der Waals surface area contributed by atoms with Crippen LogP contribution in [0.2, 0.25) is 0 Å². The molecule has 1 heterocycles. The predicted octanol–water partition coefficient (Wildman–Crippen LogP) is 2.68. The van der Waals surface area contributed by atoms with Crippen molar-refractivity contribution in [1.29, 1.82) is 0 Å². The van der Waals surface area contributed by atoms with Crippen molar-refractivity contribution < 1.29 is 4.79 Å². The molecule has 0 aromatic heterocycles. The zero-order valence-electron chi connectivity index (χ0n) is 9.78. The number of rotatable bonds is 2. The number of amides is 1. The Bertz CT molecular complexity index is 605. The first kappa shape index (κ1) is 10.7.